The van der Waals surface area contributed by atoms with E-state index in [0.717, 1.165) is 22.8 Å². The Morgan fingerprint density at radius 1 is 0.893 bits per heavy atom. The van der Waals surface area contributed by atoms with E-state index in [0.29, 0.717) is 11.4 Å². The molecule has 28 heavy (non-hydrogen) atoms. The molecule has 4 rings (SSSR count). The molecule has 0 aliphatic heterocycles. The largest absolute Gasteiger partial charge is 0.486 e. The number of aryl methyl sites for hydroxylation is 2. The van der Waals surface area contributed by atoms with E-state index < -0.39 is 0 Å². The number of rotatable bonds is 5. The Morgan fingerprint density at radius 2 is 1.61 bits per heavy atom. The van der Waals surface area contributed by atoms with E-state index in [1.165, 1.54) is 16.7 Å². The molecule has 0 aliphatic carbocycles. The third-order valence-electron chi connectivity index (χ3n) is 4.82. The van der Waals surface area contributed by atoms with Crippen LogP contribution in [0.2, 0.25) is 0 Å². The Labute approximate surface area is 169 Å². The molecule has 140 valence electrons. The molecule has 0 aliphatic rings. The fraction of sp³-hybridized carbons (Fsp3) is 0.130. The molecule has 0 unspecified atom stereocenters. The first-order valence-electron chi connectivity index (χ1n) is 9.14. The SMILES string of the molecule is Cc1ccc(-n2c(COc3ccc(-c4ccccc4)cc3)n[nH]c2=S)cc1C. The van der Waals surface area contributed by atoms with Crippen molar-refractivity contribution in [2.75, 3.05) is 0 Å². The van der Waals surface area contributed by atoms with Crippen LogP contribution in [0.3, 0.4) is 0 Å². The number of aromatic amines is 1. The van der Waals surface area contributed by atoms with E-state index in [-0.39, 0.29) is 0 Å². The molecule has 0 fully saturated rings. The summed E-state index contributed by atoms with van der Waals surface area (Å²) in [5.74, 6) is 1.53. The first-order chi connectivity index (χ1) is 13.6. The molecular formula is C23H21N3OS. The molecule has 0 bridgehead atoms. The van der Waals surface area contributed by atoms with Gasteiger partial charge in [-0.25, -0.2) is 0 Å². The highest BCUT2D eigenvalue weighted by Gasteiger charge is 2.10. The van der Waals surface area contributed by atoms with Crippen LogP contribution >= 0.6 is 12.2 Å². The number of benzene rings is 3. The van der Waals surface area contributed by atoms with Crippen LogP contribution in [0.1, 0.15) is 17.0 Å². The second kappa shape index (κ2) is 7.82. The van der Waals surface area contributed by atoms with Crippen molar-refractivity contribution in [2.45, 2.75) is 20.5 Å². The summed E-state index contributed by atoms with van der Waals surface area (Å²) in [6.45, 7) is 4.51. The van der Waals surface area contributed by atoms with Crippen LogP contribution in [0, 0.1) is 18.6 Å². The number of H-pyrrole nitrogens is 1. The molecule has 0 amide bonds. The van der Waals surface area contributed by atoms with Gasteiger partial charge in [-0.2, -0.15) is 5.10 Å². The first-order valence-corrected chi connectivity index (χ1v) is 9.55. The van der Waals surface area contributed by atoms with Crippen LogP contribution in [-0.4, -0.2) is 14.8 Å². The first kappa shape index (κ1) is 18.2. The van der Waals surface area contributed by atoms with Gasteiger partial charge >= 0.3 is 0 Å². The molecule has 1 N–H and O–H groups in total. The van der Waals surface area contributed by atoms with Gasteiger partial charge < -0.3 is 4.74 Å². The summed E-state index contributed by atoms with van der Waals surface area (Å²) >= 11 is 5.42. The van der Waals surface area contributed by atoms with Crippen molar-refractivity contribution in [3.8, 4) is 22.6 Å². The number of ether oxygens (including phenoxy) is 1. The van der Waals surface area contributed by atoms with Crippen LogP contribution in [0.25, 0.3) is 16.8 Å². The van der Waals surface area contributed by atoms with Crippen molar-refractivity contribution in [3.05, 3.63) is 94.5 Å². The van der Waals surface area contributed by atoms with E-state index in [2.05, 4.69) is 60.4 Å². The molecule has 4 aromatic rings. The lowest BCUT2D eigenvalue weighted by Crippen LogP contribution is -2.06. The highest BCUT2D eigenvalue weighted by molar-refractivity contribution is 7.71. The van der Waals surface area contributed by atoms with Crippen molar-refractivity contribution in [1.82, 2.24) is 14.8 Å². The molecule has 0 atom stereocenters. The monoisotopic (exact) mass is 387 g/mol. The molecule has 0 saturated carbocycles. The van der Waals surface area contributed by atoms with Gasteiger partial charge in [0.2, 0.25) is 0 Å². The summed E-state index contributed by atoms with van der Waals surface area (Å²) in [7, 11) is 0. The molecule has 0 saturated heterocycles. The van der Waals surface area contributed by atoms with Gasteiger partial charge in [0.15, 0.2) is 10.6 Å². The second-order valence-electron chi connectivity index (χ2n) is 6.73. The zero-order valence-corrected chi connectivity index (χ0v) is 16.7. The molecular weight excluding hydrogens is 366 g/mol. The Hall–Kier alpha value is -3.18. The van der Waals surface area contributed by atoms with Gasteiger partial charge in [-0.3, -0.25) is 9.67 Å². The minimum Gasteiger partial charge on any atom is -0.486 e. The summed E-state index contributed by atoms with van der Waals surface area (Å²) in [6.07, 6.45) is 0. The zero-order chi connectivity index (χ0) is 19.5. The van der Waals surface area contributed by atoms with E-state index in [9.17, 15) is 0 Å². The Morgan fingerprint density at radius 3 is 2.32 bits per heavy atom. The summed E-state index contributed by atoms with van der Waals surface area (Å²) < 4.78 is 8.44. The molecule has 3 aromatic carbocycles. The van der Waals surface area contributed by atoms with Crippen molar-refractivity contribution in [1.29, 1.82) is 0 Å². The lowest BCUT2D eigenvalue weighted by Gasteiger charge is -2.11. The van der Waals surface area contributed by atoms with Crippen molar-refractivity contribution in [2.24, 2.45) is 0 Å². The highest BCUT2D eigenvalue weighted by atomic mass is 32.1. The maximum Gasteiger partial charge on any atom is 0.199 e. The minimum absolute atomic E-state index is 0.324. The van der Waals surface area contributed by atoms with Gasteiger partial charge in [0, 0.05) is 0 Å². The Bertz CT molecular complexity index is 1140. The number of nitrogens with one attached hydrogen (secondary N) is 1. The molecule has 0 spiro atoms. The third kappa shape index (κ3) is 3.75. The highest BCUT2D eigenvalue weighted by Crippen LogP contribution is 2.23. The molecule has 1 heterocycles. The van der Waals surface area contributed by atoms with E-state index in [1.807, 2.05) is 41.0 Å². The van der Waals surface area contributed by atoms with Gasteiger partial charge in [0.05, 0.1) is 5.69 Å². The van der Waals surface area contributed by atoms with Gasteiger partial charge in [0.25, 0.3) is 0 Å². The standard InChI is InChI=1S/C23H21N3OS/c1-16-8-11-20(14-17(16)2)26-22(24-25-23(26)28)15-27-21-12-9-19(10-13-21)18-6-4-3-5-7-18/h3-14H,15H2,1-2H3,(H,25,28). The predicted octanol–water partition coefficient (Wildman–Crippen LogP) is 5.79. The van der Waals surface area contributed by atoms with Gasteiger partial charge in [-0.1, -0.05) is 48.5 Å². The van der Waals surface area contributed by atoms with E-state index >= 15 is 0 Å². The smallest absolute Gasteiger partial charge is 0.199 e. The third-order valence-corrected chi connectivity index (χ3v) is 5.09. The van der Waals surface area contributed by atoms with E-state index in [4.69, 9.17) is 17.0 Å². The second-order valence-corrected chi connectivity index (χ2v) is 7.11. The predicted molar refractivity (Wildman–Crippen MR) is 114 cm³/mol. The summed E-state index contributed by atoms with van der Waals surface area (Å²) in [5.41, 5.74) is 5.79. The molecule has 4 nitrogen and oxygen atoms in total. The molecule has 1 aromatic heterocycles. The molecule has 5 heteroatoms. The average molecular weight is 388 g/mol. The lowest BCUT2D eigenvalue weighted by atomic mass is 10.1. The van der Waals surface area contributed by atoms with Gasteiger partial charge in [-0.05, 0) is 72.6 Å². The quantitative estimate of drug-likeness (QED) is 0.441. The summed E-state index contributed by atoms with van der Waals surface area (Å²) in [4.78, 5) is 0. The molecule has 0 radical (unpaired) electrons. The van der Waals surface area contributed by atoms with Gasteiger partial charge in [-0.15, -0.1) is 0 Å². The number of hydrogen-bond donors (Lipinski definition) is 1. The maximum absolute atomic E-state index is 5.96. The van der Waals surface area contributed by atoms with E-state index in [1.54, 1.807) is 0 Å². The normalized spacial score (nSPS) is 10.8. The van der Waals surface area contributed by atoms with Crippen molar-refractivity contribution in [3.63, 3.8) is 0 Å². The number of hydrogen-bond acceptors (Lipinski definition) is 3. The summed E-state index contributed by atoms with van der Waals surface area (Å²) in [6, 6.07) is 24.6. The van der Waals surface area contributed by atoms with Crippen LogP contribution < -0.4 is 4.74 Å². The summed E-state index contributed by atoms with van der Waals surface area (Å²) in [5, 5.41) is 7.22. The fourth-order valence-corrected chi connectivity index (χ4v) is 3.34. The Balaban J connectivity index is 1.53. The van der Waals surface area contributed by atoms with Gasteiger partial charge in [0.1, 0.15) is 12.4 Å². The minimum atomic E-state index is 0.324. The van der Waals surface area contributed by atoms with Crippen molar-refractivity contribution >= 4 is 12.2 Å². The Kier molecular flexibility index (Phi) is 5.08. The average Bonchev–Trinajstić information content (AvgIpc) is 3.10. The maximum atomic E-state index is 5.96. The lowest BCUT2D eigenvalue weighted by molar-refractivity contribution is 0.293. The fourth-order valence-electron chi connectivity index (χ4n) is 3.08. The number of nitrogens with zero attached hydrogens (tertiary/aromatic N) is 2. The van der Waals surface area contributed by atoms with Crippen LogP contribution in [0.5, 0.6) is 5.75 Å². The number of aromatic nitrogens is 3. The van der Waals surface area contributed by atoms with Crippen LogP contribution in [-0.2, 0) is 6.61 Å². The van der Waals surface area contributed by atoms with Crippen LogP contribution in [0.15, 0.2) is 72.8 Å². The van der Waals surface area contributed by atoms with Crippen molar-refractivity contribution < 1.29 is 4.74 Å². The topological polar surface area (TPSA) is 42.8 Å². The van der Waals surface area contributed by atoms with Crippen LogP contribution in [0.4, 0.5) is 0 Å². The zero-order valence-electron chi connectivity index (χ0n) is 15.8.